The zero-order chi connectivity index (χ0) is 13.8. The van der Waals surface area contributed by atoms with Gasteiger partial charge >= 0.3 is 6.09 Å². The summed E-state index contributed by atoms with van der Waals surface area (Å²) in [5, 5.41) is 0. The molecule has 0 aliphatic rings. The minimum absolute atomic E-state index is 0.209. The van der Waals surface area contributed by atoms with Crippen molar-refractivity contribution in [1.29, 1.82) is 0 Å². The minimum atomic E-state index is -1.74. The first-order valence-corrected chi connectivity index (χ1v) is 10.3. The Morgan fingerprint density at radius 3 is 2.28 bits per heavy atom. The Kier molecular flexibility index (Phi) is 5.41. The highest BCUT2D eigenvalue weighted by Gasteiger charge is 2.29. The zero-order valence-corrected chi connectivity index (χ0v) is 14.0. The van der Waals surface area contributed by atoms with Crippen LogP contribution in [0.1, 0.15) is 12.5 Å². The van der Waals surface area contributed by atoms with Crippen molar-refractivity contribution in [2.45, 2.75) is 33.1 Å². The summed E-state index contributed by atoms with van der Waals surface area (Å²) < 4.78 is 8.06. The Labute approximate surface area is 118 Å². The highest BCUT2D eigenvalue weighted by Crippen LogP contribution is 2.18. The van der Waals surface area contributed by atoms with Gasteiger partial charge in [0.1, 0.15) is 0 Å². The van der Waals surface area contributed by atoms with Crippen LogP contribution in [0, 0.1) is 0 Å². The normalized spacial score (nSPS) is 11.2. The van der Waals surface area contributed by atoms with Crippen LogP contribution >= 0.6 is 15.9 Å². The fourth-order valence-corrected chi connectivity index (χ4v) is 3.08. The van der Waals surface area contributed by atoms with E-state index in [-0.39, 0.29) is 6.09 Å². The van der Waals surface area contributed by atoms with E-state index in [4.69, 9.17) is 4.74 Å². The van der Waals surface area contributed by atoms with Crippen molar-refractivity contribution in [2.75, 3.05) is 6.61 Å². The van der Waals surface area contributed by atoms with Crippen LogP contribution < -0.4 is 0 Å². The van der Waals surface area contributed by atoms with E-state index in [1.807, 2.05) is 35.8 Å². The lowest BCUT2D eigenvalue weighted by Crippen LogP contribution is -2.49. The molecule has 100 valence electrons. The second-order valence-corrected chi connectivity index (χ2v) is 10.9. The van der Waals surface area contributed by atoms with Gasteiger partial charge in [-0.15, -0.1) is 0 Å². The summed E-state index contributed by atoms with van der Waals surface area (Å²) in [5.41, 5.74) is 1.12. The molecule has 1 rings (SSSR count). The zero-order valence-electron chi connectivity index (χ0n) is 11.4. The number of nitrogens with zero attached hydrogens (tertiary/aromatic N) is 1. The van der Waals surface area contributed by atoms with E-state index < -0.39 is 8.24 Å². The van der Waals surface area contributed by atoms with Gasteiger partial charge < -0.3 is 9.30 Å². The van der Waals surface area contributed by atoms with Gasteiger partial charge in [-0.3, -0.25) is 0 Å². The van der Waals surface area contributed by atoms with Gasteiger partial charge in [0, 0.05) is 11.0 Å². The van der Waals surface area contributed by atoms with Crippen LogP contribution in [0.2, 0.25) is 19.6 Å². The van der Waals surface area contributed by atoms with Gasteiger partial charge in [-0.05, 0) is 24.6 Å². The van der Waals surface area contributed by atoms with E-state index in [1.54, 1.807) is 0 Å². The third kappa shape index (κ3) is 4.46. The molecule has 1 amide bonds. The number of amides is 1. The summed E-state index contributed by atoms with van der Waals surface area (Å²) in [6.07, 6.45) is -0.209. The number of rotatable bonds is 4. The first-order valence-electron chi connectivity index (χ1n) is 6.03. The second-order valence-electron chi connectivity index (χ2n) is 5.08. The van der Waals surface area contributed by atoms with E-state index in [0.29, 0.717) is 13.2 Å². The van der Waals surface area contributed by atoms with Crippen molar-refractivity contribution >= 4 is 30.3 Å². The molecule has 0 atom stereocenters. The molecule has 0 aliphatic carbocycles. The van der Waals surface area contributed by atoms with Crippen molar-refractivity contribution in [3.63, 3.8) is 0 Å². The average Bonchev–Trinajstić information content (AvgIpc) is 2.26. The first-order chi connectivity index (χ1) is 8.34. The van der Waals surface area contributed by atoms with E-state index in [1.165, 1.54) is 0 Å². The fourth-order valence-electron chi connectivity index (χ4n) is 1.55. The smallest absolute Gasteiger partial charge is 0.401 e. The molecule has 18 heavy (non-hydrogen) atoms. The standard InChI is InChI=1S/C13H20BrNO2Si/c1-5-17-13(16)15(18(2,3)4)10-11-6-8-12(14)9-7-11/h6-9H,5,10H2,1-4H3. The van der Waals surface area contributed by atoms with E-state index >= 15 is 0 Å². The third-order valence-electron chi connectivity index (χ3n) is 2.55. The molecule has 1 aromatic rings. The molecule has 5 heteroatoms. The topological polar surface area (TPSA) is 29.5 Å². The fraction of sp³-hybridized carbons (Fsp3) is 0.462. The van der Waals surface area contributed by atoms with Gasteiger partial charge in [0.25, 0.3) is 0 Å². The molecule has 0 bridgehead atoms. The van der Waals surface area contributed by atoms with E-state index in [9.17, 15) is 4.79 Å². The molecular formula is C13H20BrNO2Si. The molecule has 0 unspecified atom stereocenters. The van der Waals surface area contributed by atoms with Gasteiger partial charge in [-0.25, -0.2) is 4.79 Å². The van der Waals surface area contributed by atoms with Crippen molar-refractivity contribution in [3.05, 3.63) is 34.3 Å². The van der Waals surface area contributed by atoms with Gasteiger partial charge in [0.05, 0.1) is 6.61 Å². The molecule has 0 aliphatic heterocycles. The van der Waals surface area contributed by atoms with Crippen LogP contribution in [0.25, 0.3) is 0 Å². The SMILES string of the molecule is CCOC(=O)N(Cc1ccc(Br)cc1)[Si](C)(C)C. The number of hydrogen-bond donors (Lipinski definition) is 0. The summed E-state index contributed by atoms with van der Waals surface area (Å²) in [5.74, 6) is 0. The Morgan fingerprint density at radius 1 is 1.28 bits per heavy atom. The molecule has 0 fully saturated rings. The summed E-state index contributed by atoms with van der Waals surface area (Å²) in [4.78, 5) is 12.0. The molecule has 0 heterocycles. The first kappa shape index (κ1) is 15.2. The van der Waals surface area contributed by atoms with Crippen molar-refractivity contribution < 1.29 is 9.53 Å². The van der Waals surface area contributed by atoms with Crippen LogP contribution in [0.5, 0.6) is 0 Å². The van der Waals surface area contributed by atoms with E-state index in [0.717, 1.165) is 10.0 Å². The highest BCUT2D eigenvalue weighted by atomic mass is 79.9. The maximum Gasteiger partial charge on any atom is 0.401 e. The number of ether oxygens (including phenoxy) is 1. The predicted molar refractivity (Wildman–Crippen MR) is 80.1 cm³/mol. The number of carbonyl (C=O) groups is 1. The maximum absolute atomic E-state index is 12.0. The minimum Gasteiger partial charge on any atom is -0.450 e. The lowest BCUT2D eigenvalue weighted by Gasteiger charge is -2.33. The van der Waals surface area contributed by atoms with Crippen LogP contribution in [0.15, 0.2) is 28.7 Å². The highest BCUT2D eigenvalue weighted by molar-refractivity contribution is 9.10. The lowest BCUT2D eigenvalue weighted by molar-refractivity contribution is 0.127. The van der Waals surface area contributed by atoms with Crippen molar-refractivity contribution in [2.24, 2.45) is 0 Å². The molecule has 1 aromatic carbocycles. The Balaban J connectivity index is 2.85. The molecule has 0 saturated heterocycles. The Hall–Kier alpha value is -0.813. The average molecular weight is 330 g/mol. The van der Waals surface area contributed by atoms with Gasteiger partial charge in [-0.2, -0.15) is 0 Å². The molecule has 0 saturated carbocycles. The predicted octanol–water partition coefficient (Wildman–Crippen LogP) is 4.24. The molecule has 3 nitrogen and oxygen atoms in total. The van der Waals surface area contributed by atoms with Gasteiger partial charge in [0.2, 0.25) is 0 Å². The molecule has 0 spiro atoms. The molecule has 0 N–H and O–H groups in total. The lowest BCUT2D eigenvalue weighted by atomic mass is 10.2. The molecule has 0 aromatic heterocycles. The number of benzene rings is 1. The second kappa shape index (κ2) is 6.38. The summed E-state index contributed by atoms with van der Waals surface area (Å²) in [6, 6.07) is 8.03. The van der Waals surface area contributed by atoms with Crippen LogP contribution in [0.4, 0.5) is 4.79 Å². The van der Waals surface area contributed by atoms with Gasteiger partial charge in [-0.1, -0.05) is 47.7 Å². The monoisotopic (exact) mass is 329 g/mol. The Bertz CT molecular complexity index is 400. The number of carbonyl (C=O) groups excluding carboxylic acids is 1. The molecule has 0 radical (unpaired) electrons. The largest absolute Gasteiger partial charge is 0.450 e. The Morgan fingerprint density at radius 2 is 1.83 bits per heavy atom. The van der Waals surface area contributed by atoms with Crippen LogP contribution in [-0.4, -0.2) is 25.5 Å². The summed E-state index contributed by atoms with van der Waals surface area (Å²) in [6.45, 7) is 9.29. The number of halogens is 1. The molecular weight excluding hydrogens is 310 g/mol. The van der Waals surface area contributed by atoms with Crippen molar-refractivity contribution in [1.82, 2.24) is 4.57 Å². The maximum atomic E-state index is 12.0. The van der Waals surface area contributed by atoms with Crippen LogP contribution in [0.3, 0.4) is 0 Å². The summed E-state index contributed by atoms with van der Waals surface area (Å²) in [7, 11) is -1.74. The van der Waals surface area contributed by atoms with E-state index in [2.05, 4.69) is 35.6 Å². The van der Waals surface area contributed by atoms with Crippen molar-refractivity contribution in [3.8, 4) is 0 Å². The van der Waals surface area contributed by atoms with Crippen LogP contribution in [-0.2, 0) is 11.3 Å². The summed E-state index contributed by atoms with van der Waals surface area (Å²) >= 11 is 3.41. The van der Waals surface area contributed by atoms with Gasteiger partial charge in [0.15, 0.2) is 8.24 Å². The number of hydrogen-bond acceptors (Lipinski definition) is 2. The third-order valence-corrected chi connectivity index (χ3v) is 5.04. The quantitative estimate of drug-likeness (QED) is 0.773.